The number of morpholine rings is 1. The summed E-state index contributed by atoms with van der Waals surface area (Å²) in [6, 6.07) is 12.0. The second-order valence-electron chi connectivity index (χ2n) is 7.92. The Morgan fingerprint density at radius 1 is 1.17 bits per heavy atom. The van der Waals surface area contributed by atoms with E-state index in [1.807, 2.05) is 0 Å². The second-order valence-corrected chi connectivity index (χ2v) is 8.92. The van der Waals surface area contributed by atoms with Gasteiger partial charge in [0.2, 0.25) is 0 Å². The van der Waals surface area contributed by atoms with Crippen molar-refractivity contribution < 1.29 is 23.8 Å². The molecule has 3 aromatic rings. The van der Waals surface area contributed by atoms with Gasteiger partial charge in [0.05, 0.1) is 26.0 Å². The molecule has 0 atom stereocenters. The molecule has 1 saturated heterocycles. The van der Waals surface area contributed by atoms with Gasteiger partial charge in [-0.1, -0.05) is 11.3 Å². The molecule has 190 valence electrons. The topological polar surface area (TPSA) is 154 Å². The Morgan fingerprint density at radius 2 is 1.92 bits per heavy atom. The number of nitrogens with two attached hydrogens (primary N) is 2. The number of nitrogens with one attached hydrogen (secondary N) is 2. The number of aromatic nitrogens is 1. The minimum absolute atomic E-state index is 0.0413. The lowest BCUT2D eigenvalue weighted by atomic mass is 10.1. The number of benzene rings is 2. The summed E-state index contributed by atoms with van der Waals surface area (Å²) in [4.78, 5) is 31.3. The number of hydrogen-bond donors (Lipinski definition) is 4. The molecule has 1 fully saturated rings. The van der Waals surface area contributed by atoms with Gasteiger partial charge in [0, 0.05) is 30.9 Å². The molecule has 1 aliphatic heterocycles. The summed E-state index contributed by atoms with van der Waals surface area (Å²) in [5.41, 5.74) is 12.9. The van der Waals surface area contributed by atoms with Gasteiger partial charge in [-0.25, -0.2) is 4.98 Å². The summed E-state index contributed by atoms with van der Waals surface area (Å²) in [6.45, 7) is 4.44. The lowest BCUT2D eigenvalue weighted by Gasteiger charge is -2.26. The highest BCUT2D eigenvalue weighted by Gasteiger charge is 2.20. The predicted octanol–water partition coefficient (Wildman–Crippen LogP) is 2.54. The van der Waals surface area contributed by atoms with E-state index in [2.05, 4.69) is 20.5 Å². The summed E-state index contributed by atoms with van der Waals surface area (Å²) in [6.07, 6.45) is 0. The standard InChI is InChI=1S/C24H28N6O5S/c1-33-17-5-3-16(4-6-17)27-24-28-20(21(26)31)23(36-24)29-22(32)15-2-7-19(18(25)14-15)35-13-10-30-8-11-34-12-9-30/h2-7,14H,8-13,25H2,1H3,(H2,26,31)(H,27,28)(H,29,32). The smallest absolute Gasteiger partial charge is 0.270 e. The maximum absolute atomic E-state index is 12.9. The predicted molar refractivity (Wildman–Crippen MR) is 138 cm³/mol. The second kappa shape index (κ2) is 11.7. The van der Waals surface area contributed by atoms with E-state index in [1.165, 1.54) is 6.07 Å². The number of nitrogen functional groups attached to an aromatic ring is 1. The first kappa shape index (κ1) is 25.2. The third-order valence-corrected chi connectivity index (χ3v) is 6.36. The fourth-order valence-electron chi connectivity index (χ4n) is 3.53. The van der Waals surface area contributed by atoms with Crippen LogP contribution in [0.5, 0.6) is 11.5 Å². The van der Waals surface area contributed by atoms with Crippen molar-refractivity contribution in [2.75, 3.05) is 62.9 Å². The average Bonchev–Trinajstić information content (AvgIpc) is 3.28. The molecule has 2 heterocycles. The molecule has 36 heavy (non-hydrogen) atoms. The van der Waals surface area contributed by atoms with Crippen molar-refractivity contribution in [1.82, 2.24) is 9.88 Å². The molecular weight excluding hydrogens is 484 g/mol. The molecule has 2 amide bonds. The fourth-order valence-corrected chi connectivity index (χ4v) is 4.41. The van der Waals surface area contributed by atoms with Gasteiger partial charge < -0.3 is 36.3 Å². The zero-order valence-electron chi connectivity index (χ0n) is 19.8. The van der Waals surface area contributed by atoms with Crippen LogP contribution in [0.4, 0.5) is 21.5 Å². The van der Waals surface area contributed by atoms with Crippen molar-refractivity contribution in [2.45, 2.75) is 0 Å². The van der Waals surface area contributed by atoms with E-state index in [0.717, 1.165) is 49.9 Å². The van der Waals surface area contributed by atoms with Crippen LogP contribution in [0.1, 0.15) is 20.8 Å². The first-order chi connectivity index (χ1) is 17.4. The Bertz CT molecular complexity index is 1210. The van der Waals surface area contributed by atoms with E-state index in [-0.39, 0.29) is 10.7 Å². The lowest BCUT2D eigenvalue weighted by molar-refractivity contribution is 0.0323. The number of ether oxygens (including phenoxy) is 3. The Labute approximate surface area is 212 Å². The molecule has 0 unspecified atom stereocenters. The third-order valence-electron chi connectivity index (χ3n) is 5.47. The van der Waals surface area contributed by atoms with Crippen molar-refractivity contribution >= 4 is 44.7 Å². The first-order valence-corrected chi connectivity index (χ1v) is 12.1. The number of methoxy groups -OCH3 is 1. The highest BCUT2D eigenvalue weighted by atomic mass is 32.1. The number of thiazole rings is 1. The van der Waals surface area contributed by atoms with Gasteiger partial charge >= 0.3 is 0 Å². The van der Waals surface area contributed by atoms with Gasteiger partial charge in [0.15, 0.2) is 10.8 Å². The molecule has 1 aromatic heterocycles. The van der Waals surface area contributed by atoms with E-state index in [9.17, 15) is 9.59 Å². The minimum atomic E-state index is -0.757. The van der Waals surface area contributed by atoms with Crippen LogP contribution < -0.4 is 31.6 Å². The number of amides is 2. The van der Waals surface area contributed by atoms with Crippen LogP contribution in [0.25, 0.3) is 0 Å². The van der Waals surface area contributed by atoms with Crippen molar-refractivity contribution in [3.8, 4) is 11.5 Å². The SMILES string of the molecule is COc1ccc(Nc2nc(C(N)=O)c(NC(=O)c3ccc(OCCN4CCOCC4)c(N)c3)s2)cc1. The van der Waals surface area contributed by atoms with E-state index in [1.54, 1.807) is 43.5 Å². The molecule has 11 nitrogen and oxygen atoms in total. The van der Waals surface area contributed by atoms with Gasteiger partial charge in [0.1, 0.15) is 23.1 Å². The van der Waals surface area contributed by atoms with E-state index >= 15 is 0 Å². The molecule has 0 radical (unpaired) electrons. The Morgan fingerprint density at radius 3 is 2.58 bits per heavy atom. The van der Waals surface area contributed by atoms with E-state index in [4.69, 9.17) is 25.7 Å². The van der Waals surface area contributed by atoms with Crippen molar-refractivity contribution in [1.29, 1.82) is 0 Å². The van der Waals surface area contributed by atoms with Gasteiger partial charge in [-0.15, -0.1) is 0 Å². The normalized spacial score (nSPS) is 13.7. The zero-order chi connectivity index (χ0) is 25.5. The molecule has 4 rings (SSSR count). The van der Waals surface area contributed by atoms with Gasteiger partial charge in [-0.2, -0.15) is 0 Å². The van der Waals surface area contributed by atoms with Crippen molar-refractivity contribution in [3.63, 3.8) is 0 Å². The maximum atomic E-state index is 12.9. The van der Waals surface area contributed by atoms with Crippen LogP contribution in [-0.2, 0) is 4.74 Å². The summed E-state index contributed by atoms with van der Waals surface area (Å²) in [5.74, 6) is -0.00348. The van der Waals surface area contributed by atoms with Crippen molar-refractivity contribution in [2.24, 2.45) is 5.73 Å². The molecule has 1 aliphatic rings. The highest BCUT2D eigenvalue weighted by Crippen LogP contribution is 2.32. The van der Waals surface area contributed by atoms with Gasteiger partial charge in [-0.05, 0) is 42.5 Å². The number of rotatable bonds is 10. The quantitative estimate of drug-likeness (QED) is 0.300. The van der Waals surface area contributed by atoms with Crippen LogP contribution in [-0.4, -0.2) is 68.3 Å². The highest BCUT2D eigenvalue weighted by molar-refractivity contribution is 7.20. The summed E-state index contributed by atoms with van der Waals surface area (Å²) >= 11 is 1.09. The number of nitrogens with zero attached hydrogens (tertiary/aromatic N) is 2. The van der Waals surface area contributed by atoms with Crippen LogP contribution in [0, 0.1) is 0 Å². The van der Waals surface area contributed by atoms with E-state index in [0.29, 0.717) is 34.5 Å². The summed E-state index contributed by atoms with van der Waals surface area (Å²) < 4.78 is 16.3. The van der Waals surface area contributed by atoms with Gasteiger partial charge in [-0.3, -0.25) is 14.5 Å². The van der Waals surface area contributed by atoms with E-state index < -0.39 is 11.8 Å². The Balaban J connectivity index is 1.39. The molecule has 0 saturated carbocycles. The molecule has 0 bridgehead atoms. The molecule has 2 aromatic carbocycles. The molecule has 6 N–H and O–H groups in total. The molecular formula is C24H28N6O5S. The fraction of sp³-hybridized carbons (Fsp3) is 0.292. The molecule has 0 aliphatic carbocycles. The molecule has 12 heteroatoms. The third kappa shape index (κ3) is 6.42. The maximum Gasteiger partial charge on any atom is 0.270 e. The summed E-state index contributed by atoms with van der Waals surface area (Å²) in [7, 11) is 1.58. The zero-order valence-corrected chi connectivity index (χ0v) is 20.6. The van der Waals surface area contributed by atoms with Crippen LogP contribution in [0.3, 0.4) is 0 Å². The van der Waals surface area contributed by atoms with Gasteiger partial charge in [0.25, 0.3) is 11.8 Å². The average molecular weight is 513 g/mol. The number of hydrogen-bond acceptors (Lipinski definition) is 10. The van der Waals surface area contributed by atoms with Crippen LogP contribution >= 0.6 is 11.3 Å². The first-order valence-electron chi connectivity index (χ1n) is 11.3. The number of primary amides is 1. The minimum Gasteiger partial charge on any atom is -0.497 e. The number of carbonyl (C=O) groups is 2. The van der Waals surface area contributed by atoms with Crippen LogP contribution in [0.15, 0.2) is 42.5 Å². The van der Waals surface area contributed by atoms with Crippen LogP contribution in [0.2, 0.25) is 0 Å². The number of carbonyl (C=O) groups excluding carboxylic acids is 2. The molecule has 0 spiro atoms. The summed E-state index contributed by atoms with van der Waals surface area (Å²) in [5, 5.41) is 6.42. The van der Waals surface area contributed by atoms with Crippen molar-refractivity contribution in [3.05, 3.63) is 53.7 Å². The monoisotopic (exact) mass is 512 g/mol. The largest absolute Gasteiger partial charge is 0.497 e. The Hall–Kier alpha value is -3.87. The lowest BCUT2D eigenvalue weighted by Crippen LogP contribution is -2.38. The Kier molecular flexibility index (Phi) is 8.21. The number of anilines is 4.